The molecule has 3 saturated carbocycles. The normalized spacial score (nSPS) is 51.4. The molecule has 7 atom stereocenters. The molecule has 7 unspecified atom stereocenters. The van der Waals surface area contributed by atoms with Crippen LogP contribution in [0.4, 0.5) is 5.13 Å². The summed E-state index contributed by atoms with van der Waals surface area (Å²) in [5, 5.41) is 11.8. The fourth-order valence-corrected chi connectivity index (χ4v) is 8.71. The molecule has 1 heterocycles. The van der Waals surface area contributed by atoms with E-state index in [-0.39, 0.29) is 5.41 Å². The number of anilines is 1. The van der Waals surface area contributed by atoms with Crippen LogP contribution in [0.15, 0.2) is 0 Å². The lowest BCUT2D eigenvalue weighted by atomic mass is 9.45. The molecule has 3 N–H and O–H groups in total. The molecular weight excluding hydrogens is 328 g/mol. The summed E-state index contributed by atoms with van der Waals surface area (Å²) in [6.07, 6.45) is 9.73. The number of rotatable bonds is 0. The second-order valence-corrected chi connectivity index (χ2v) is 11.3. The minimum Gasteiger partial charge on any atom is -0.390 e. The van der Waals surface area contributed by atoms with Crippen molar-refractivity contribution < 1.29 is 5.11 Å². The Kier molecular flexibility index (Phi) is 3.32. The predicted octanol–water partition coefficient (Wildman–Crippen LogP) is 4.43. The molecule has 3 nitrogen and oxygen atoms in total. The standard InChI is InChI=1S/C21H32N2OS/c1-19-11-17-16(23-18(22)25-17)10-12(19)4-5-13-14(19)6-8-20(2)15(13)7-9-21(20,3)24/h12-15,24H,4-11H2,1-3H3,(H2,22,23). The highest BCUT2D eigenvalue weighted by atomic mass is 32.1. The Morgan fingerprint density at radius 3 is 2.64 bits per heavy atom. The van der Waals surface area contributed by atoms with Gasteiger partial charge in [-0.05, 0) is 92.8 Å². The van der Waals surface area contributed by atoms with Gasteiger partial charge in [0.15, 0.2) is 5.13 Å². The van der Waals surface area contributed by atoms with Crippen molar-refractivity contribution in [3.63, 3.8) is 0 Å². The monoisotopic (exact) mass is 360 g/mol. The van der Waals surface area contributed by atoms with Crippen LogP contribution in [-0.4, -0.2) is 15.7 Å². The van der Waals surface area contributed by atoms with Gasteiger partial charge in [-0.1, -0.05) is 13.8 Å². The van der Waals surface area contributed by atoms with Crippen LogP contribution in [0.5, 0.6) is 0 Å². The zero-order valence-corrected chi connectivity index (χ0v) is 16.7. The summed E-state index contributed by atoms with van der Waals surface area (Å²) in [5.41, 5.74) is 7.39. The van der Waals surface area contributed by atoms with Gasteiger partial charge in [0.2, 0.25) is 0 Å². The summed E-state index contributed by atoms with van der Waals surface area (Å²) < 4.78 is 0. The zero-order chi connectivity index (χ0) is 17.6. The Morgan fingerprint density at radius 2 is 1.84 bits per heavy atom. The number of thiazole rings is 1. The minimum atomic E-state index is -0.466. The first kappa shape index (κ1) is 16.6. The van der Waals surface area contributed by atoms with Crippen LogP contribution in [0, 0.1) is 34.5 Å². The number of aromatic nitrogens is 1. The first-order chi connectivity index (χ1) is 11.7. The van der Waals surface area contributed by atoms with Crippen LogP contribution >= 0.6 is 11.3 Å². The van der Waals surface area contributed by atoms with Gasteiger partial charge in [-0.25, -0.2) is 4.98 Å². The largest absolute Gasteiger partial charge is 0.390 e. The third-order valence-electron chi connectivity index (χ3n) is 9.40. The Labute approximate surface area is 155 Å². The van der Waals surface area contributed by atoms with Gasteiger partial charge in [0.05, 0.1) is 11.3 Å². The van der Waals surface area contributed by atoms with Gasteiger partial charge in [-0.15, -0.1) is 11.3 Å². The van der Waals surface area contributed by atoms with E-state index in [0.717, 1.165) is 35.7 Å². The zero-order valence-electron chi connectivity index (χ0n) is 15.8. The van der Waals surface area contributed by atoms with E-state index in [4.69, 9.17) is 5.73 Å². The van der Waals surface area contributed by atoms with Crippen LogP contribution in [0.2, 0.25) is 0 Å². The minimum absolute atomic E-state index is 0.131. The molecule has 1 aromatic heterocycles. The van der Waals surface area contributed by atoms with E-state index < -0.39 is 5.60 Å². The molecule has 0 aliphatic heterocycles. The number of nitrogens with two attached hydrogens (primary N) is 1. The van der Waals surface area contributed by atoms with Gasteiger partial charge >= 0.3 is 0 Å². The molecule has 0 spiro atoms. The molecule has 25 heavy (non-hydrogen) atoms. The number of nitrogens with zero attached hydrogens (tertiary/aromatic N) is 1. The number of fused-ring (bicyclic) bond motifs is 6. The van der Waals surface area contributed by atoms with E-state index in [9.17, 15) is 5.11 Å². The molecule has 4 aliphatic rings. The first-order valence-corrected chi connectivity index (χ1v) is 11.0. The first-order valence-electron chi connectivity index (χ1n) is 10.2. The van der Waals surface area contributed by atoms with Gasteiger partial charge in [0, 0.05) is 4.88 Å². The number of hydrogen-bond donors (Lipinski definition) is 2. The third-order valence-corrected chi connectivity index (χ3v) is 10.3. The van der Waals surface area contributed by atoms with Crippen LogP contribution in [-0.2, 0) is 12.8 Å². The van der Waals surface area contributed by atoms with Crippen molar-refractivity contribution in [1.29, 1.82) is 0 Å². The van der Waals surface area contributed by atoms with Crippen molar-refractivity contribution in [2.45, 2.75) is 77.7 Å². The summed E-state index contributed by atoms with van der Waals surface area (Å²) in [5.74, 6) is 3.11. The van der Waals surface area contributed by atoms with E-state index in [1.165, 1.54) is 49.1 Å². The topological polar surface area (TPSA) is 59.1 Å². The molecule has 5 rings (SSSR count). The molecule has 0 aromatic carbocycles. The Bertz CT molecular complexity index is 713. The average Bonchev–Trinajstić information content (AvgIpc) is 3.00. The van der Waals surface area contributed by atoms with Crippen LogP contribution < -0.4 is 5.73 Å². The van der Waals surface area contributed by atoms with E-state index in [1.54, 1.807) is 11.3 Å². The second-order valence-electron chi connectivity index (χ2n) is 10.2. The highest BCUT2D eigenvalue weighted by Gasteiger charge is 2.63. The summed E-state index contributed by atoms with van der Waals surface area (Å²) in [4.78, 5) is 6.09. The molecule has 138 valence electrons. The average molecular weight is 361 g/mol. The summed E-state index contributed by atoms with van der Waals surface area (Å²) in [6, 6.07) is 0. The Balaban J connectivity index is 1.50. The molecule has 1 aromatic rings. The van der Waals surface area contributed by atoms with Crippen molar-refractivity contribution in [2.24, 2.45) is 34.5 Å². The van der Waals surface area contributed by atoms with Crippen LogP contribution in [0.25, 0.3) is 0 Å². The van der Waals surface area contributed by atoms with Crippen LogP contribution in [0.1, 0.15) is 69.9 Å². The lowest BCUT2D eigenvalue weighted by Crippen LogP contribution is -2.56. The Hall–Kier alpha value is -0.610. The van der Waals surface area contributed by atoms with Crippen molar-refractivity contribution in [2.75, 3.05) is 5.73 Å². The van der Waals surface area contributed by atoms with Gasteiger partial charge in [-0.3, -0.25) is 0 Å². The fraction of sp³-hybridized carbons (Fsp3) is 0.857. The van der Waals surface area contributed by atoms with Crippen molar-refractivity contribution in [3.8, 4) is 0 Å². The third kappa shape index (κ3) is 2.04. The maximum absolute atomic E-state index is 11.0. The number of hydrogen-bond acceptors (Lipinski definition) is 4. The van der Waals surface area contributed by atoms with Gasteiger partial charge in [0.1, 0.15) is 0 Å². The molecule has 4 aliphatic carbocycles. The lowest BCUT2D eigenvalue weighted by Gasteiger charge is -2.60. The van der Waals surface area contributed by atoms with Gasteiger partial charge < -0.3 is 10.8 Å². The number of nitrogen functional groups attached to an aromatic ring is 1. The lowest BCUT2D eigenvalue weighted by molar-refractivity contribution is -0.139. The van der Waals surface area contributed by atoms with Crippen molar-refractivity contribution in [1.82, 2.24) is 4.98 Å². The fourth-order valence-electron chi connectivity index (χ4n) is 7.67. The molecule has 0 radical (unpaired) electrons. The molecule has 0 amide bonds. The van der Waals surface area contributed by atoms with E-state index in [0.29, 0.717) is 11.3 Å². The molecular formula is C21H32N2OS. The highest BCUT2D eigenvalue weighted by Crippen LogP contribution is 2.67. The van der Waals surface area contributed by atoms with Crippen molar-refractivity contribution in [3.05, 3.63) is 10.6 Å². The Morgan fingerprint density at radius 1 is 1.08 bits per heavy atom. The van der Waals surface area contributed by atoms with E-state index in [1.807, 2.05) is 0 Å². The number of aliphatic hydroxyl groups is 1. The van der Waals surface area contributed by atoms with Crippen molar-refractivity contribution >= 4 is 16.5 Å². The summed E-state index contributed by atoms with van der Waals surface area (Å²) in [7, 11) is 0. The molecule has 0 saturated heterocycles. The molecule has 3 fully saturated rings. The van der Waals surface area contributed by atoms with E-state index >= 15 is 0 Å². The quantitative estimate of drug-likeness (QED) is 0.719. The van der Waals surface area contributed by atoms with E-state index in [2.05, 4.69) is 25.8 Å². The van der Waals surface area contributed by atoms with Crippen LogP contribution in [0.3, 0.4) is 0 Å². The summed E-state index contributed by atoms with van der Waals surface area (Å²) >= 11 is 1.73. The SMILES string of the molecule is CC12Cc3sc(N)nc3CC1CCC1C2CCC2(C)C1CCC2(C)O. The second kappa shape index (κ2) is 5.01. The van der Waals surface area contributed by atoms with Gasteiger partial charge in [-0.2, -0.15) is 0 Å². The maximum atomic E-state index is 11.0. The van der Waals surface area contributed by atoms with Gasteiger partial charge in [0.25, 0.3) is 0 Å². The summed E-state index contributed by atoms with van der Waals surface area (Å²) in [6.45, 7) is 7.06. The predicted molar refractivity (Wildman–Crippen MR) is 102 cm³/mol. The molecule has 0 bridgehead atoms. The highest BCUT2D eigenvalue weighted by molar-refractivity contribution is 7.15. The smallest absolute Gasteiger partial charge is 0.180 e. The maximum Gasteiger partial charge on any atom is 0.180 e. The molecule has 4 heteroatoms.